The quantitative estimate of drug-likeness (QED) is 0.240. The molecular formula is C28H32F3N3O6S. The Bertz CT molecular complexity index is 1410. The Hall–Kier alpha value is -4.13. The van der Waals surface area contributed by atoms with Crippen LogP contribution in [0.25, 0.3) is 0 Å². The number of aromatic nitrogens is 1. The van der Waals surface area contributed by atoms with Crippen LogP contribution in [0.2, 0.25) is 0 Å². The van der Waals surface area contributed by atoms with Crippen LogP contribution in [-0.2, 0) is 21.4 Å². The number of nitrogens with zero attached hydrogens (tertiary/aromatic N) is 2. The van der Waals surface area contributed by atoms with Gasteiger partial charge in [-0.05, 0) is 41.7 Å². The van der Waals surface area contributed by atoms with Crippen molar-refractivity contribution in [3.8, 4) is 0 Å². The van der Waals surface area contributed by atoms with Crippen molar-refractivity contribution in [1.29, 1.82) is 0 Å². The minimum atomic E-state index is -5.08. The second-order valence-electron chi connectivity index (χ2n) is 9.29. The number of aliphatic carboxylic acids is 1. The molecule has 0 saturated heterocycles. The fraction of sp³-hybridized carbons (Fsp3) is 0.321. The van der Waals surface area contributed by atoms with Crippen molar-refractivity contribution in [3.63, 3.8) is 0 Å². The summed E-state index contributed by atoms with van der Waals surface area (Å²) in [5.74, 6) is -3.33. The molecule has 0 bridgehead atoms. The van der Waals surface area contributed by atoms with E-state index < -0.39 is 28.1 Å². The van der Waals surface area contributed by atoms with Gasteiger partial charge in [0, 0.05) is 13.1 Å². The molecule has 0 radical (unpaired) electrons. The Morgan fingerprint density at radius 3 is 2.10 bits per heavy atom. The SMILES string of the molecule is CCCCN(Cc1ccccc1)c1ncc(NS(=O)(=O)c2ccc(C(C)C)cc2)cc1C(=O)O.O=C(O)C(F)(F)F. The number of rotatable bonds is 11. The van der Waals surface area contributed by atoms with Gasteiger partial charge in [0.05, 0.1) is 16.8 Å². The molecule has 1 heterocycles. The number of aromatic carboxylic acids is 1. The van der Waals surface area contributed by atoms with Crippen molar-refractivity contribution in [2.45, 2.75) is 57.1 Å². The second kappa shape index (κ2) is 14.5. The molecule has 222 valence electrons. The molecule has 0 aliphatic carbocycles. The Kier molecular flexibility index (Phi) is 11.7. The number of halogens is 3. The van der Waals surface area contributed by atoms with Gasteiger partial charge in [0.1, 0.15) is 11.4 Å². The van der Waals surface area contributed by atoms with Crippen LogP contribution < -0.4 is 9.62 Å². The summed E-state index contributed by atoms with van der Waals surface area (Å²) in [7, 11) is -3.89. The number of unbranched alkanes of at least 4 members (excludes halogenated alkanes) is 1. The molecule has 0 fully saturated rings. The molecule has 2 aromatic carbocycles. The molecule has 3 N–H and O–H groups in total. The highest BCUT2D eigenvalue weighted by atomic mass is 32.2. The summed E-state index contributed by atoms with van der Waals surface area (Å²) in [6.45, 7) is 7.26. The van der Waals surface area contributed by atoms with E-state index in [2.05, 4.69) is 16.6 Å². The fourth-order valence-corrected chi connectivity index (χ4v) is 4.62. The smallest absolute Gasteiger partial charge is 0.478 e. The maximum Gasteiger partial charge on any atom is 0.490 e. The predicted octanol–water partition coefficient (Wildman–Crippen LogP) is 6.14. The molecule has 0 aliphatic heterocycles. The van der Waals surface area contributed by atoms with Gasteiger partial charge in [0.15, 0.2) is 0 Å². The van der Waals surface area contributed by atoms with Crippen LogP contribution in [0, 0.1) is 0 Å². The Labute approximate surface area is 236 Å². The lowest BCUT2D eigenvalue weighted by Crippen LogP contribution is -2.27. The molecule has 0 spiro atoms. The first-order chi connectivity index (χ1) is 19.2. The third-order valence-corrected chi connectivity index (χ3v) is 7.14. The zero-order valence-electron chi connectivity index (χ0n) is 22.7. The van der Waals surface area contributed by atoms with E-state index in [1.807, 2.05) is 49.1 Å². The number of nitrogens with one attached hydrogen (secondary N) is 1. The number of anilines is 2. The van der Waals surface area contributed by atoms with Gasteiger partial charge in [-0.15, -0.1) is 0 Å². The molecule has 1 aromatic heterocycles. The number of carboxylic acids is 2. The predicted molar refractivity (Wildman–Crippen MR) is 149 cm³/mol. The fourth-order valence-electron chi connectivity index (χ4n) is 3.58. The average molecular weight is 596 g/mol. The van der Waals surface area contributed by atoms with Crippen LogP contribution in [0.3, 0.4) is 0 Å². The molecular weight excluding hydrogens is 563 g/mol. The molecule has 0 unspecified atom stereocenters. The molecule has 0 atom stereocenters. The molecule has 3 rings (SSSR count). The Morgan fingerprint density at radius 2 is 1.61 bits per heavy atom. The Morgan fingerprint density at radius 1 is 1.02 bits per heavy atom. The summed E-state index contributed by atoms with van der Waals surface area (Å²) in [6.07, 6.45) is -1.90. The summed E-state index contributed by atoms with van der Waals surface area (Å²) in [5, 5.41) is 17.0. The van der Waals surface area contributed by atoms with Crippen molar-refractivity contribution in [2.24, 2.45) is 0 Å². The van der Waals surface area contributed by atoms with Crippen molar-refractivity contribution in [2.75, 3.05) is 16.2 Å². The number of alkyl halides is 3. The summed E-state index contributed by atoms with van der Waals surface area (Å²) < 4.78 is 59.9. The second-order valence-corrected chi connectivity index (χ2v) is 11.0. The van der Waals surface area contributed by atoms with E-state index in [0.29, 0.717) is 18.9 Å². The average Bonchev–Trinajstić information content (AvgIpc) is 2.91. The maximum absolute atomic E-state index is 12.9. The monoisotopic (exact) mass is 595 g/mol. The lowest BCUT2D eigenvalue weighted by Gasteiger charge is -2.25. The highest BCUT2D eigenvalue weighted by molar-refractivity contribution is 7.92. The molecule has 3 aromatic rings. The lowest BCUT2D eigenvalue weighted by atomic mass is 10.0. The first kappa shape index (κ1) is 33.1. The number of carboxylic acid groups (broad SMARTS) is 2. The normalized spacial score (nSPS) is 11.4. The van der Waals surface area contributed by atoms with Gasteiger partial charge in [0.2, 0.25) is 0 Å². The number of hydrogen-bond acceptors (Lipinski definition) is 6. The van der Waals surface area contributed by atoms with E-state index in [-0.39, 0.29) is 22.1 Å². The molecule has 9 nitrogen and oxygen atoms in total. The molecule has 13 heteroatoms. The number of sulfonamides is 1. The molecule has 0 aliphatic rings. The number of benzene rings is 2. The standard InChI is InChI=1S/C26H31N3O4S.C2HF3O2/c1-4-5-15-29(18-20-9-7-6-8-10-20)25-24(26(30)31)16-22(17-27-25)28-34(32,33)23-13-11-21(12-14-23)19(2)3;3-2(4,5)1(6)7/h6-14,16-17,19,28H,4-5,15,18H2,1-3H3,(H,30,31);(H,6,7). The zero-order chi connectivity index (χ0) is 30.8. The Balaban J connectivity index is 0.000000745. The molecule has 0 saturated carbocycles. The van der Waals surface area contributed by atoms with E-state index >= 15 is 0 Å². The third-order valence-electron chi connectivity index (χ3n) is 5.75. The van der Waals surface area contributed by atoms with Gasteiger partial charge in [-0.2, -0.15) is 13.2 Å². The van der Waals surface area contributed by atoms with Crippen LogP contribution in [0.1, 0.15) is 61.0 Å². The number of pyridine rings is 1. The van der Waals surface area contributed by atoms with E-state index in [1.54, 1.807) is 24.3 Å². The molecule has 41 heavy (non-hydrogen) atoms. The largest absolute Gasteiger partial charge is 0.490 e. The van der Waals surface area contributed by atoms with E-state index in [0.717, 1.165) is 24.0 Å². The number of hydrogen-bond donors (Lipinski definition) is 3. The van der Waals surface area contributed by atoms with Gasteiger partial charge in [-0.25, -0.2) is 23.0 Å². The number of carbonyl (C=O) groups is 2. The van der Waals surface area contributed by atoms with E-state index in [4.69, 9.17) is 9.90 Å². The van der Waals surface area contributed by atoms with Crippen LogP contribution in [0.5, 0.6) is 0 Å². The zero-order valence-corrected chi connectivity index (χ0v) is 23.5. The van der Waals surface area contributed by atoms with Crippen molar-refractivity contribution in [3.05, 3.63) is 83.6 Å². The lowest BCUT2D eigenvalue weighted by molar-refractivity contribution is -0.192. The van der Waals surface area contributed by atoms with Crippen LogP contribution in [-0.4, -0.2) is 48.3 Å². The van der Waals surface area contributed by atoms with Gasteiger partial charge in [0.25, 0.3) is 10.0 Å². The highest BCUT2D eigenvalue weighted by Gasteiger charge is 2.38. The maximum atomic E-state index is 12.9. The van der Waals surface area contributed by atoms with Gasteiger partial charge >= 0.3 is 18.1 Å². The van der Waals surface area contributed by atoms with Gasteiger partial charge in [-0.3, -0.25) is 4.72 Å². The van der Waals surface area contributed by atoms with Gasteiger partial charge < -0.3 is 15.1 Å². The topological polar surface area (TPSA) is 137 Å². The first-order valence-electron chi connectivity index (χ1n) is 12.6. The highest BCUT2D eigenvalue weighted by Crippen LogP contribution is 2.26. The van der Waals surface area contributed by atoms with Crippen LogP contribution in [0.4, 0.5) is 24.7 Å². The summed E-state index contributed by atoms with van der Waals surface area (Å²) >= 11 is 0. The van der Waals surface area contributed by atoms with E-state index in [1.165, 1.54) is 12.3 Å². The third kappa shape index (κ3) is 10.1. The van der Waals surface area contributed by atoms with Crippen molar-refractivity contribution >= 4 is 33.5 Å². The van der Waals surface area contributed by atoms with Gasteiger partial charge in [-0.1, -0.05) is 69.7 Å². The van der Waals surface area contributed by atoms with Crippen LogP contribution in [0.15, 0.2) is 71.8 Å². The van der Waals surface area contributed by atoms with Crippen LogP contribution >= 0.6 is 0 Å². The van der Waals surface area contributed by atoms with E-state index in [9.17, 15) is 31.5 Å². The molecule has 0 amide bonds. The summed E-state index contributed by atoms with van der Waals surface area (Å²) in [4.78, 5) is 27.4. The summed E-state index contributed by atoms with van der Waals surface area (Å²) in [6, 6.07) is 17.7. The minimum Gasteiger partial charge on any atom is -0.478 e. The minimum absolute atomic E-state index is 0.0533. The summed E-state index contributed by atoms with van der Waals surface area (Å²) in [5.41, 5.74) is 2.11. The first-order valence-corrected chi connectivity index (χ1v) is 14.1. The van der Waals surface area contributed by atoms with Crippen molar-refractivity contribution in [1.82, 2.24) is 4.98 Å². The van der Waals surface area contributed by atoms with Crippen molar-refractivity contribution < 1.29 is 41.4 Å².